The summed E-state index contributed by atoms with van der Waals surface area (Å²) in [6.07, 6.45) is 0. The Kier molecular flexibility index (Phi) is 4.67. The van der Waals surface area contributed by atoms with E-state index in [9.17, 15) is 0 Å². The second-order valence-electron chi connectivity index (χ2n) is 5.02. The average molecular weight is 306 g/mol. The maximum Gasteiger partial charge on any atom is 0.0723 e. The highest BCUT2D eigenvalue weighted by Crippen LogP contribution is 2.14. The van der Waals surface area contributed by atoms with Crippen LogP contribution in [0.4, 0.5) is 0 Å². The second kappa shape index (κ2) is 7.06. The Labute approximate surface area is 135 Å². The molecular formula is C20H16ClN. The van der Waals surface area contributed by atoms with Crippen molar-refractivity contribution in [3.63, 3.8) is 0 Å². The van der Waals surface area contributed by atoms with Crippen molar-refractivity contribution >= 4 is 17.3 Å². The van der Waals surface area contributed by atoms with Gasteiger partial charge >= 0.3 is 0 Å². The lowest BCUT2D eigenvalue weighted by Gasteiger charge is -2.08. The SMILES string of the molecule is Clc1ccc(CN=C(c2ccccc2)c2ccccc2)cc1. The smallest absolute Gasteiger partial charge is 0.0723 e. The lowest BCUT2D eigenvalue weighted by atomic mass is 10.0. The summed E-state index contributed by atoms with van der Waals surface area (Å²) in [6, 6.07) is 28.4. The Morgan fingerprint density at radius 3 is 1.68 bits per heavy atom. The predicted molar refractivity (Wildman–Crippen MR) is 93.7 cm³/mol. The van der Waals surface area contributed by atoms with Gasteiger partial charge in [-0.05, 0) is 17.7 Å². The molecule has 1 nitrogen and oxygen atoms in total. The highest BCUT2D eigenvalue weighted by atomic mass is 35.5. The fourth-order valence-corrected chi connectivity index (χ4v) is 2.43. The average Bonchev–Trinajstić information content (AvgIpc) is 2.59. The van der Waals surface area contributed by atoms with E-state index in [0.717, 1.165) is 27.4 Å². The van der Waals surface area contributed by atoms with E-state index in [2.05, 4.69) is 24.3 Å². The van der Waals surface area contributed by atoms with Crippen molar-refractivity contribution in [3.8, 4) is 0 Å². The summed E-state index contributed by atoms with van der Waals surface area (Å²) in [6.45, 7) is 0.635. The van der Waals surface area contributed by atoms with Crippen LogP contribution in [0.15, 0.2) is 89.9 Å². The molecule has 0 atom stereocenters. The van der Waals surface area contributed by atoms with Crippen LogP contribution in [0, 0.1) is 0 Å². The zero-order valence-electron chi connectivity index (χ0n) is 12.1. The molecule has 0 aliphatic heterocycles. The molecule has 0 unspecified atom stereocenters. The van der Waals surface area contributed by atoms with Gasteiger partial charge in [-0.1, -0.05) is 84.4 Å². The number of nitrogens with zero attached hydrogens (tertiary/aromatic N) is 1. The largest absolute Gasteiger partial charge is 0.279 e. The molecule has 0 aliphatic carbocycles. The molecule has 0 radical (unpaired) electrons. The summed E-state index contributed by atoms with van der Waals surface area (Å²) < 4.78 is 0. The predicted octanol–water partition coefficient (Wildman–Crippen LogP) is 5.38. The minimum absolute atomic E-state index is 0.635. The summed E-state index contributed by atoms with van der Waals surface area (Å²) >= 11 is 5.93. The molecular weight excluding hydrogens is 290 g/mol. The van der Waals surface area contributed by atoms with E-state index in [1.807, 2.05) is 60.7 Å². The Morgan fingerprint density at radius 2 is 1.18 bits per heavy atom. The van der Waals surface area contributed by atoms with Gasteiger partial charge in [-0.15, -0.1) is 0 Å². The zero-order valence-corrected chi connectivity index (χ0v) is 12.9. The second-order valence-corrected chi connectivity index (χ2v) is 5.46. The maximum absolute atomic E-state index is 5.93. The minimum Gasteiger partial charge on any atom is -0.279 e. The monoisotopic (exact) mass is 305 g/mol. The molecule has 0 aliphatic rings. The van der Waals surface area contributed by atoms with Gasteiger partial charge in [0.2, 0.25) is 0 Å². The lowest BCUT2D eigenvalue weighted by molar-refractivity contribution is 1.07. The summed E-state index contributed by atoms with van der Waals surface area (Å²) in [7, 11) is 0. The summed E-state index contributed by atoms with van der Waals surface area (Å²) in [5.74, 6) is 0. The maximum atomic E-state index is 5.93. The number of aliphatic imine (C=N–C) groups is 1. The molecule has 3 aromatic rings. The summed E-state index contributed by atoms with van der Waals surface area (Å²) in [5.41, 5.74) is 4.41. The normalized spacial score (nSPS) is 10.2. The van der Waals surface area contributed by atoms with E-state index in [0.29, 0.717) is 6.54 Å². The first-order valence-corrected chi connectivity index (χ1v) is 7.60. The van der Waals surface area contributed by atoms with Gasteiger partial charge in [0.25, 0.3) is 0 Å². The molecule has 0 heterocycles. The first-order valence-electron chi connectivity index (χ1n) is 7.23. The van der Waals surface area contributed by atoms with Crippen molar-refractivity contribution in [2.45, 2.75) is 6.54 Å². The lowest BCUT2D eigenvalue weighted by Crippen LogP contribution is -2.03. The standard InChI is InChI=1S/C20H16ClN/c21-19-13-11-16(12-14-19)15-22-20(17-7-3-1-4-8-17)18-9-5-2-6-10-18/h1-14H,15H2. The number of halogens is 1. The third-order valence-corrected chi connectivity index (χ3v) is 3.68. The fraction of sp³-hybridized carbons (Fsp3) is 0.0500. The van der Waals surface area contributed by atoms with Crippen LogP contribution >= 0.6 is 11.6 Å². The highest BCUT2D eigenvalue weighted by Gasteiger charge is 2.05. The Morgan fingerprint density at radius 1 is 0.682 bits per heavy atom. The van der Waals surface area contributed by atoms with Crippen molar-refractivity contribution in [1.29, 1.82) is 0 Å². The van der Waals surface area contributed by atoms with Gasteiger partial charge in [0.15, 0.2) is 0 Å². The van der Waals surface area contributed by atoms with E-state index >= 15 is 0 Å². The van der Waals surface area contributed by atoms with Crippen molar-refractivity contribution in [1.82, 2.24) is 0 Å². The molecule has 0 saturated heterocycles. The van der Waals surface area contributed by atoms with Gasteiger partial charge < -0.3 is 0 Å². The quantitative estimate of drug-likeness (QED) is 0.574. The van der Waals surface area contributed by atoms with E-state index in [-0.39, 0.29) is 0 Å². The van der Waals surface area contributed by atoms with Gasteiger partial charge in [-0.3, -0.25) is 4.99 Å². The van der Waals surface area contributed by atoms with Crippen molar-refractivity contribution < 1.29 is 0 Å². The van der Waals surface area contributed by atoms with Crippen LogP contribution in [0.25, 0.3) is 0 Å². The van der Waals surface area contributed by atoms with Gasteiger partial charge in [-0.2, -0.15) is 0 Å². The number of hydrogen-bond acceptors (Lipinski definition) is 1. The van der Waals surface area contributed by atoms with Crippen LogP contribution in [0.1, 0.15) is 16.7 Å². The van der Waals surface area contributed by atoms with E-state index in [1.165, 1.54) is 0 Å². The van der Waals surface area contributed by atoms with E-state index < -0.39 is 0 Å². The molecule has 108 valence electrons. The van der Waals surface area contributed by atoms with Crippen LogP contribution in [0.3, 0.4) is 0 Å². The molecule has 0 aromatic heterocycles. The third-order valence-electron chi connectivity index (χ3n) is 3.43. The zero-order chi connectivity index (χ0) is 15.2. The molecule has 0 fully saturated rings. The Balaban J connectivity index is 1.95. The molecule has 0 amide bonds. The number of hydrogen-bond donors (Lipinski definition) is 0. The van der Waals surface area contributed by atoms with E-state index in [1.54, 1.807) is 0 Å². The number of rotatable bonds is 4. The van der Waals surface area contributed by atoms with Crippen LogP contribution in [-0.4, -0.2) is 5.71 Å². The first-order chi connectivity index (χ1) is 10.8. The molecule has 2 heteroatoms. The highest BCUT2D eigenvalue weighted by molar-refractivity contribution is 6.30. The molecule has 3 aromatic carbocycles. The number of benzene rings is 3. The van der Waals surface area contributed by atoms with Gasteiger partial charge in [0, 0.05) is 16.1 Å². The van der Waals surface area contributed by atoms with Crippen LogP contribution in [0.5, 0.6) is 0 Å². The molecule has 0 N–H and O–H groups in total. The van der Waals surface area contributed by atoms with Gasteiger partial charge in [0.05, 0.1) is 12.3 Å². The molecule has 0 saturated carbocycles. The van der Waals surface area contributed by atoms with Crippen LogP contribution < -0.4 is 0 Å². The summed E-state index contributed by atoms with van der Waals surface area (Å²) in [5, 5.41) is 0.749. The van der Waals surface area contributed by atoms with Crippen molar-refractivity contribution in [2.75, 3.05) is 0 Å². The Bertz CT molecular complexity index is 705. The topological polar surface area (TPSA) is 12.4 Å². The van der Waals surface area contributed by atoms with E-state index in [4.69, 9.17) is 16.6 Å². The molecule has 0 spiro atoms. The van der Waals surface area contributed by atoms with Gasteiger partial charge in [-0.25, -0.2) is 0 Å². The molecule has 0 bridgehead atoms. The fourth-order valence-electron chi connectivity index (χ4n) is 2.30. The molecule has 22 heavy (non-hydrogen) atoms. The van der Waals surface area contributed by atoms with Gasteiger partial charge in [0.1, 0.15) is 0 Å². The first kappa shape index (κ1) is 14.6. The van der Waals surface area contributed by atoms with Crippen molar-refractivity contribution in [3.05, 3.63) is 107 Å². The minimum atomic E-state index is 0.635. The third kappa shape index (κ3) is 3.63. The molecule has 3 rings (SSSR count). The summed E-state index contributed by atoms with van der Waals surface area (Å²) in [4.78, 5) is 4.84. The van der Waals surface area contributed by atoms with Crippen molar-refractivity contribution in [2.24, 2.45) is 4.99 Å². The van der Waals surface area contributed by atoms with Crippen LogP contribution in [-0.2, 0) is 6.54 Å². The van der Waals surface area contributed by atoms with Crippen LogP contribution in [0.2, 0.25) is 5.02 Å². The Hall–Kier alpha value is -2.38.